The van der Waals surface area contributed by atoms with Crippen molar-refractivity contribution in [1.82, 2.24) is 4.90 Å². The maximum atomic E-state index is 6.30. The van der Waals surface area contributed by atoms with E-state index in [1.165, 1.54) is 0 Å². The third kappa shape index (κ3) is 3.61. The average molecular weight is 303 g/mol. The van der Waals surface area contributed by atoms with Gasteiger partial charge in [-0.15, -0.1) is 0 Å². The molecule has 1 aromatic rings. The Morgan fingerprint density at radius 1 is 1.32 bits per heavy atom. The number of benzene rings is 1. The Labute approximate surface area is 124 Å². The normalized spacial score (nSPS) is 26.4. The van der Waals surface area contributed by atoms with Gasteiger partial charge in [0, 0.05) is 35.7 Å². The molecular weight excluding hydrogens is 283 g/mol. The van der Waals surface area contributed by atoms with Gasteiger partial charge in [-0.2, -0.15) is 0 Å². The highest BCUT2D eigenvalue weighted by atomic mass is 35.5. The van der Waals surface area contributed by atoms with E-state index in [9.17, 15) is 0 Å². The molecule has 1 aromatic carbocycles. The summed E-state index contributed by atoms with van der Waals surface area (Å²) in [5.41, 5.74) is 7.00. The molecule has 3 nitrogen and oxygen atoms in total. The first-order valence-corrected chi connectivity index (χ1v) is 7.31. The SMILES string of the molecule is C[C@@H]1CN([C@H](CN)c2ccc(Cl)cc2Cl)C[C@H](C)O1. The Hall–Kier alpha value is -0.320. The molecule has 2 rings (SSSR count). The highest BCUT2D eigenvalue weighted by Crippen LogP contribution is 2.31. The van der Waals surface area contributed by atoms with Crippen LogP contribution in [-0.2, 0) is 4.74 Å². The molecule has 5 heteroatoms. The van der Waals surface area contributed by atoms with Gasteiger partial charge in [-0.25, -0.2) is 0 Å². The predicted octanol–water partition coefficient (Wildman–Crippen LogP) is 3.10. The van der Waals surface area contributed by atoms with Gasteiger partial charge < -0.3 is 10.5 Å². The Morgan fingerprint density at radius 2 is 1.95 bits per heavy atom. The van der Waals surface area contributed by atoms with Crippen molar-refractivity contribution >= 4 is 23.2 Å². The van der Waals surface area contributed by atoms with Crippen LogP contribution in [-0.4, -0.2) is 36.7 Å². The maximum absolute atomic E-state index is 6.30. The summed E-state index contributed by atoms with van der Waals surface area (Å²) >= 11 is 12.2. The van der Waals surface area contributed by atoms with Crippen LogP contribution in [0.5, 0.6) is 0 Å². The molecule has 0 aromatic heterocycles. The first-order valence-electron chi connectivity index (χ1n) is 6.55. The number of hydrogen-bond acceptors (Lipinski definition) is 3. The molecule has 1 saturated heterocycles. The predicted molar refractivity (Wildman–Crippen MR) is 79.8 cm³/mol. The summed E-state index contributed by atoms with van der Waals surface area (Å²) in [6.07, 6.45) is 0.424. The van der Waals surface area contributed by atoms with Crippen molar-refractivity contribution in [2.24, 2.45) is 5.73 Å². The second-order valence-electron chi connectivity index (χ2n) is 5.13. The van der Waals surface area contributed by atoms with Crippen LogP contribution >= 0.6 is 23.2 Å². The van der Waals surface area contributed by atoms with Gasteiger partial charge in [0.05, 0.1) is 12.2 Å². The minimum absolute atomic E-state index is 0.110. The fourth-order valence-electron chi connectivity index (χ4n) is 2.72. The van der Waals surface area contributed by atoms with E-state index in [2.05, 4.69) is 18.7 Å². The van der Waals surface area contributed by atoms with E-state index < -0.39 is 0 Å². The lowest BCUT2D eigenvalue weighted by Crippen LogP contribution is -2.48. The van der Waals surface area contributed by atoms with Crippen molar-refractivity contribution in [2.45, 2.75) is 32.1 Å². The molecule has 0 amide bonds. The number of hydrogen-bond donors (Lipinski definition) is 1. The summed E-state index contributed by atoms with van der Waals surface area (Å²) in [6, 6.07) is 5.71. The molecule has 106 valence electrons. The van der Waals surface area contributed by atoms with E-state index in [1.54, 1.807) is 6.07 Å². The zero-order valence-electron chi connectivity index (χ0n) is 11.3. The van der Waals surface area contributed by atoms with Crippen LogP contribution in [0.1, 0.15) is 25.5 Å². The van der Waals surface area contributed by atoms with E-state index in [-0.39, 0.29) is 18.2 Å². The van der Waals surface area contributed by atoms with Crippen LogP contribution in [0.4, 0.5) is 0 Å². The van der Waals surface area contributed by atoms with Gasteiger partial charge in [0.2, 0.25) is 0 Å². The average Bonchev–Trinajstić information content (AvgIpc) is 2.31. The second-order valence-corrected chi connectivity index (χ2v) is 5.97. The molecule has 0 spiro atoms. The smallest absolute Gasteiger partial charge is 0.0678 e. The molecule has 19 heavy (non-hydrogen) atoms. The molecule has 0 bridgehead atoms. The molecule has 3 atom stereocenters. The zero-order chi connectivity index (χ0) is 14.0. The van der Waals surface area contributed by atoms with Crippen molar-refractivity contribution in [2.75, 3.05) is 19.6 Å². The first kappa shape index (κ1) is 15.1. The lowest BCUT2D eigenvalue weighted by Gasteiger charge is -2.40. The number of nitrogens with zero attached hydrogens (tertiary/aromatic N) is 1. The molecule has 0 radical (unpaired) electrons. The van der Waals surface area contributed by atoms with Crippen molar-refractivity contribution in [3.63, 3.8) is 0 Å². The lowest BCUT2D eigenvalue weighted by atomic mass is 10.0. The van der Waals surface area contributed by atoms with Crippen LogP contribution in [0.25, 0.3) is 0 Å². The third-order valence-electron chi connectivity index (χ3n) is 3.43. The van der Waals surface area contributed by atoms with E-state index in [0.717, 1.165) is 18.7 Å². The van der Waals surface area contributed by atoms with E-state index in [0.29, 0.717) is 16.6 Å². The van der Waals surface area contributed by atoms with Crippen molar-refractivity contribution in [1.29, 1.82) is 0 Å². The molecule has 2 N–H and O–H groups in total. The van der Waals surface area contributed by atoms with Gasteiger partial charge in [-0.3, -0.25) is 4.90 Å². The summed E-state index contributed by atoms with van der Waals surface area (Å²) in [5, 5.41) is 1.32. The summed E-state index contributed by atoms with van der Waals surface area (Å²) in [7, 11) is 0. The number of nitrogens with two attached hydrogens (primary N) is 1. The minimum Gasteiger partial charge on any atom is -0.373 e. The molecule has 0 unspecified atom stereocenters. The van der Waals surface area contributed by atoms with Crippen LogP contribution in [0, 0.1) is 0 Å². The van der Waals surface area contributed by atoms with Crippen molar-refractivity contribution in [3.05, 3.63) is 33.8 Å². The van der Waals surface area contributed by atoms with Gasteiger partial charge in [0.25, 0.3) is 0 Å². The van der Waals surface area contributed by atoms with Gasteiger partial charge in [-0.1, -0.05) is 29.3 Å². The third-order valence-corrected chi connectivity index (χ3v) is 4.00. The topological polar surface area (TPSA) is 38.5 Å². The van der Waals surface area contributed by atoms with Crippen molar-refractivity contribution < 1.29 is 4.74 Å². The fraction of sp³-hybridized carbons (Fsp3) is 0.571. The molecule has 0 saturated carbocycles. The standard InChI is InChI=1S/C14H20Cl2N2O/c1-9-7-18(8-10(2)19-9)14(6-17)12-4-3-11(15)5-13(12)16/h3-5,9-10,14H,6-8,17H2,1-2H3/t9-,10+,14-/m1/s1. The number of halogens is 2. The quantitative estimate of drug-likeness (QED) is 0.932. The number of morpholine rings is 1. The summed E-state index contributed by atoms with van der Waals surface area (Å²) in [5.74, 6) is 0. The van der Waals surface area contributed by atoms with E-state index in [1.807, 2.05) is 12.1 Å². The van der Waals surface area contributed by atoms with Gasteiger partial charge in [-0.05, 0) is 31.5 Å². The largest absolute Gasteiger partial charge is 0.373 e. The lowest BCUT2D eigenvalue weighted by molar-refractivity contribution is -0.0799. The van der Waals surface area contributed by atoms with E-state index >= 15 is 0 Å². The Morgan fingerprint density at radius 3 is 2.47 bits per heavy atom. The highest BCUT2D eigenvalue weighted by molar-refractivity contribution is 6.35. The van der Waals surface area contributed by atoms with Gasteiger partial charge in [0.1, 0.15) is 0 Å². The highest BCUT2D eigenvalue weighted by Gasteiger charge is 2.29. The maximum Gasteiger partial charge on any atom is 0.0678 e. The number of rotatable bonds is 3. The summed E-state index contributed by atoms with van der Waals surface area (Å²) in [4.78, 5) is 2.34. The summed E-state index contributed by atoms with van der Waals surface area (Å²) in [6.45, 7) is 6.43. The Balaban J connectivity index is 2.23. The number of ether oxygens (including phenoxy) is 1. The van der Waals surface area contributed by atoms with Gasteiger partial charge in [0.15, 0.2) is 0 Å². The van der Waals surface area contributed by atoms with Crippen molar-refractivity contribution in [3.8, 4) is 0 Å². The van der Waals surface area contributed by atoms with Crippen LogP contribution in [0.3, 0.4) is 0 Å². The van der Waals surface area contributed by atoms with Crippen LogP contribution in [0.15, 0.2) is 18.2 Å². The molecule has 1 aliphatic rings. The fourth-order valence-corrected chi connectivity index (χ4v) is 3.25. The molecule has 1 fully saturated rings. The molecular formula is C14H20Cl2N2O. The molecule has 0 aliphatic carbocycles. The summed E-state index contributed by atoms with van der Waals surface area (Å²) < 4.78 is 5.76. The second kappa shape index (κ2) is 6.42. The van der Waals surface area contributed by atoms with Crippen LogP contribution in [0.2, 0.25) is 10.0 Å². The van der Waals surface area contributed by atoms with Crippen LogP contribution < -0.4 is 5.73 Å². The molecule has 1 heterocycles. The Bertz CT molecular complexity index is 431. The minimum atomic E-state index is 0.110. The first-order chi connectivity index (χ1) is 9.01. The van der Waals surface area contributed by atoms with E-state index in [4.69, 9.17) is 33.7 Å². The van der Waals surface area contributed by atoms with Gasteiger partial charge >= 0.3 is 0 Å². The Kier molecular flexibility index (Phi) is 5.09. The zero-order valence-corrected chi connectivity index (χ0v) is 12.8. The monoisotopic (exact) mass is 302 g/mol. The molecule has 1 aliphatic heterocycles.